The molecule has 0 aliphatic carbocycles. The first-order valence-corrected chi connectivity index (χ1v) is 5.14. The fourth-order valence-electron chi connectivity index (χ4n) is 1.06. The van der Waals surface area contributed by atoms with Crippen LogP contribution in [-0.4, -0.2) is 35.4 Å². The number of hydrogen-bond acceptors (Lipinski definition) is 3. The van der Waals surface area contributed by atoms with Crippen LogP contribution >= 0.6 is 0 Å². The molecule has 0 heterocycles. The highest BCUT2D eigenvalue weighted by Gasteiger charge is 1.98. The van der Waals surface area contributed by atoms with Crippen molar-refractivity contribution in [2.75, 3.05) is 13.2 Å². The highest BCUT2D eigenvalue weighted by atomic mass is 16.5. The van der Waals surface area contributed by atoms with Gasteiger partial charge in [0.25, 0.3) is 0 Å². The maximum absolute atomic E-state index is 10.1. The third-order valence-corrected chi connectivity index (χ3v) is 1.86. The van der Waals surface area contributed by atoms with Gasteiger partial charge < -0.3 is 14.9 Å². The summed E-state index contributed by atoms with van der Waals surface area (Å²) in [5.41, 5.74) is 0. The summed E-state index contributed by atoms with van der Waals surface area (Å²) in [6.07, 6.45) is 3.11. The lowest BCUT2D eigenvalue weighted by Crippen LogP contribution is -2.01. The SMILES string of the molecule is O=C(O)CCCCOCCCCC(=O)O. The fourth-order valence-corrected chi connectivity index (χ4v) is 1.06. The minimum atomic E-state index is -0.781. The van der Waals surface area contributed by atoms with Crippen molar-refractivity contribution in [3.05, 3.63) is 0 Å². The second-order valence-corrected chi connectivity index (χ2v) is 3.31. The Balaban J connectivity index is 2.99. The molecule has 0 atom stereocenters. The Morgan fingerprint density at radius 3 is 1.53 bits per heavy atom. The van der Waals surface area contributed by atoms with Gasteiger partial charge in [0.15, 0.2) is 0 Å². The largest absolute Gasteiger partial charge is 0.481 e. The molecular weight excluding hydrogens is 200 g/mol. The molecule has 0 aliphatic rings. The van der Waals surface area contributed by atoms with Crippen LogP contribution in [0.2, 0.25) is 0 Å². The van der Waals surface area contributed by atoms with E-state index in [2.05, 4.69) is 0 Å². The minimum Gasteiger partial charge on any atom is -0.481 e. The summed E-state index contributed by atoms with van der Waals surface area (Å²) in [6.45, 7) is 1.11. The number of hydrogen-bond donors (Lipinski definition) is 2. The van der Waals surface area contributed by atoms with Crippen molar-refractivity contribution in [2.24, 2.45) is 0 Å². The van der Waals surface area contributed by atoms with Gasteiger partial charge in [0.1, 0.15) is 0 Å². The van der Waals surface area contributed by atoms with Crippen molar-refractivity contribution in [3.8, 4) is 0 Å². The normalized spacial score (nSPS) is 10.1. The Kier molecular flexibility index (Phi) is 8.76. The van der Waals surface area contributed by atoms with Gasteiger partial charge in [-0.25, -0.2) is 0 Å². The van der Waals surface area contributed by atoms with Crippen LogP contribution in [0.15, 0.2) is 0 Å². The number of aliphatic carboxylic acids is 2. The zero-order valence-electron chi connectivity index (χ0n) is 8.78. The van der Waals surface area contributed by atoms with Crippen molar-refractivity contribution in [1.29, 1.82) is 0 Å². The van der Waals surface area contributed by atoms with Crippen LogP contribution in [-0.2, 0) is 14.3 Å². The molecule has 0 aromatic carbocycles. The van der Waals surface area contributed by atoms with Gasteiger partial charge in [-0.1, -0.05) is 0 Å². The molecular formula is C10H18O5. The van der Waals surface area contributed by atoms with Crippen LogP contribution in [0.4, 0.5) is 0 Å². The van der Waals surface area contributed by atoms with E-state index in [0.717, 1.165) is 12.8 Å². The van der Waals surface area contributed by atoms with Gasteiger partial charge in [-0.05, 0) is 25.7 Å². The van der Waals surface area contributed by atoms with Crippen molar-refractivity contribution in [1.82, 2.24) is 0 Å². The molecule has 2 N–H and O–H groups in total. The molecule has 0 bridgehead atoms. The average Bonchev–Trinajstić information content (AvgIpc) is 2.14. The number of rotatable bonds is 10. The molecule has 0 aromatic rings. The van der Waals surface area contributed by atoms with Crippen molar-refractivity contribution in [3.63, 3.8) is 0 Å². The Morgan fingerprint density at radius 2 is 1.20 bits per heavy atom. The Bertz CT molecular complexity index is 170. The summed E-state index contributed by atoms with van der Waals surface area (Å²) in [7, 11) is 0. The van der Waals surface area contributed by atoms with Gasteiger partial charge in [-0.2, -0.15) is 0 Å². The Labute approximate surface area is 89.0 Å². The van der Waals surface area contributed by atoms with Crippen molar-refractivity contribution < 1.29 is 24.5 Å². The monoisotopic (exact) mass is 218 g/mol. The van der Waals surface area contributed by atoms with E-state index in [9.17, 15) is 9.59 Å². The molecule has 0 aliphatic heterocycles. The van der Waals surface area contributed by atoms with Gasteiger partial charge in [-0.3, -0.25) is 9.59 Å². The van der Waals surface area contributed by atoms with E-state index in [1.807, 2.05) is 0 Å². The first-order valence-electron chi connectivity index (χ1n) is 5.14. The van der Waals surface area contributed by atoms with E-state index in [1.165, 1.54) is 0 Å². The number of carboxylic acids is 2. The van der Waals surface area contributed by atoms with Gasteiger partial charge in [0.05, 0.1) is 0 Å². The van der Waals surface area contributed by atoms with Crippen molar-refractivity contribution in [2.45, 2.75) is 38.5 Å². The third-order valence-electron chi connectivity index (χ3n) is 1.86. The molecule has 0 fully saturated rings. The Hall–Kier alpha value is -1.10. The zero-order chi connectivity index (χ0) is 11.5. The van der Waals surface area contributed by atoms with E-state index in [4.69, 9.17) is 14.9 Å². The highest BCUT2D eigenvalue weighted by molar-refractivity contribution is 5.66. The van der Waals surface area contributed by atoms with Crippen LogP contribution in [0, 0.1) is 0 Å². The molecule has 5 heteroatoms. The quantitative estimate of drug-likeness (QED) is 0.543. The molecule has 0 saturated heterocycles. The first kappa shape index (κ1) is 13.9. The molecule has 0 spiro atoms. The van der Waals surface area contributed by atoms with Gasteiger partial charge in [-0.15, -0.1) is 0 Å². The maximum atomic E-state index is 10.1. The maximum Gasteiger partial charge on any atom is 0.303 e. The number of unbranched alkanes of at least 4 members (excludes halogenated alkanes) is 2. The van der Waals surface area contributed by atoms with Crippen LogP contribution in [0.1, 0.15) is 38.5 Å². The third kappa shape index (κ3) is 12.9. The van der Waals surface area contributed by atoms with E-state index in [-0.39, 0.29) is 12.8 Å². The summed E-state index contributed by atoms with van der Waals surface area (Å²) >= 11 is 0. The molecule has 0 radical (unpaired) electrons. The second-order valence-electron chi connectivity index (χ2n) is 3.31. The van der Waals surface area contributed by atoms with Crippen LogP contribution in [0.5, 0.6) is 0 Å². The summed E-state index contributed by atoms with van der Waals surface area (Å²) in [4.78, 5) is 20.3. The molecule has 0 saturated carbocycles. The molecule has 0 unspecified atom stereocenters. The first-order chi connectivity index (χ1) is 7.13. The van der Waals surface area contributed by atoms with E-state index >= 15 is 0 Å². The van der Waals surface area contributed by atoms with Gasteiger partial charge in [0, 0.05) is 26.1 Å². The highest BCUT2D eigenvalue weighted by Crippen LogP contribution is 1.99. The summed E-state index contributed by atoms with van der Waals surface area (Å²) in [5.74, 6) is -1.56. The van der Waals surface area contributed by atoms with Gasteiger partial charge in [0.2, 0.25) is 0 Å². The zero-order valence-corrected chi connectivity index (χ0v) is 8.78. The van der Waals surface area contributed by atoms with Crippen molar-refractivity contribution >= 4 is 11.9 Å². The smallest absolute Gasteiger partial charge is 0.303 e. The van der Waals surface area contributed by atoms with Gasteiger partial charge >= 0.3 is 11.9 Å². The molecule has 0 amide bonds. The molecule has 0 aromatic heterocycles. The number of carbonyl (C=O) groups is 2. The standard InChI is InChI=1S/C10H18O5/c11-9(12)5-1-3-7-15-8-4-2-6-10(13)14/h1-8H2,(H,11,12)(H,13,14). The number of carboxylic acid groups (broad SMARTS) is 2. The molecule has 15 heavy (non-hydrogen) atoms. The van der Waals surface area contributed by atoms with E-state index in [1.54, 1.807) is 0 Å². The molecule has 88 valence electrons. The van der Waals surface area contributed by atoms with Crippen LogP contribution in [0.3, 0.4) is 0 Å². The predicted molar refractivity (Wildman–Crippen MR) is 53.8 cm³/mol. The Morgan fingerprint density at radius 1 is 0.800 bits per heavy atom. The predicted octanol–water partition coefficient (Wildman–Crippen LogP) is 1.51. The summed E-state index contributed by atoms with van der Waals surface area (Å²) in [6, 6.07) is 0. The van der Waals surface area contributed by atoms with E-state index in [0.29, 0.717) is 26.1 Å². The number of ether oxygens (including phenoxy) is 1. The molecule has 5 nitrogen and oxygen atoms in total. The van der Waals surface area contributed by atoms with E-state index < -0.39 is 11.9 Å². The van der Waals surface area contributed by atoms with Crippen LogP contribution < -0.4 is 0 Å². The average molecular weight is 218 g/mol. The fraction of sp³-hybridized carbons (Fsp3) is 0.800. The summed E-state index contributed by atoms with van der Waals surface area (Å²) in [5, 5.41) is 16.7. The lowest BCUT2D eigenvalue weighted by atomic mass is 10.2. The topological polar surface area (TPSA) is 83.8 Å². The minimum absolute atomic E-state index is 0.183. The van der Waals surface area contributed by atoms with Crippen LogP contribution in [0.25, 0.3) is 0 Å². The lowest BCUT2D eigenvalue weighted by molar-refractivity contribution is -0.138. The lowest BCUT2D eigenvalue weighted by Gasteiger charge is -2.02. The molecule has 0 rings (SSSR count). The summed E-state index contributed by atoms with van der Waals surface area (Å²) < 4.78 is 5.21. The second kappa shape index (κ2) is 9.45.